The minimum absolute atomic E-state index is 0.0695. The maximum absolute atomic E-state index is 13.8. The van der Waals surface area contributed by atoms with Crippen LogP contribution in [0, 0.1) is 19.3 Å². The number of alkyl halides is 3. The van der Waals surface area contributed by atoms with Crippen molar-refractivity contribution in [1.82, 2.24) is 24.6 Å². The molecule has 0 bridgehead atoms. The zero-order valence-corrected chi connectivity index (χ0v) is 23.5. The molecule has 42 heavy (non-hydrogen) atoms. The average Bonchev–Trinajstić information content (AvgIpc) is 3.27. The molecule has 5 heterocycles. The lowest BCUT2D eigenvalue weighted by molar-refractivity contribution is -0.140. The number of fused-ring (bicyclic) bond motifs is 2. The molecule has 2 fully saturated rings. The highest BCUT2D eigenvalue weighted by molar-refractivity contribution is 6.07. The monoisotopic (exact) mass is 576 g/mol. The molecule has 1 spiro atoms. The van der Waals surface area contributed by atoms with Gasteiger partial charge in [-0.05, 0) is 81.7 Å². The Morgan fingerprint density at radius 1 is 1.00 bits per heavy atom. The summed E-state index contributed by atoms with van der Waals surface area (Å²) < 4.78 is 46.6. The first-order chi connectivity index (χ1) is 20.1. The Balaban J connectivity index is 1.09. The van der Waals surface area contributed by atoms with Crippen molar-refractivity contribution in [3.8, 4) is 11.4 Å². The molecule has 0 saturated carbocycles. The van der Waals surface area contributed by atoms with Crippen molar-refractivity contribution in [3.63, 3.8) is 0 Å². The van der Waals surface area contributed by atoms with Gasteiger partial charge in [-0.2, -0.15) is 18.3 Å². The van der Waals surface area contributed by atoms with Crippen LogP contribution in [0.4, 0.5) is 18.9 Å². The Bertz CT molecular complexity index is 1700. The van der Waals surface area contributed by atoms with Crippen molar-refractivity contribution in [3.05, 3.63) is 70.7 Å². The minimum atomic E-state index is -4.42. The topological polar surface area (TPSA) is 76.4 Å². The number of amides is 1. The van der Waals surface area contributed by atoms with E-state index in [4.69, 9.17) is 9.84 Å². The van der Waals surface area contributed by atoms with Gasteiger partial charge in [-0.15, -0.1) is 0 Å². The number of nitrogens with zero attached hydrogens (tertiary/aromatic N) is 6. The van der Waals surface area contributed by atoms with Gasteiger partial charge in [0.2, 0.25) is 0 Å². The molecule has 0 unspecified atom stereocenters. The van der Waals surface area contributed by atoms with E-state index >= 15 is 0 Å². The summed E-state index contributed by atoms with van der Waals surface area (Å²) >= 11 is 0. The van der Waals surface area contributed by atoms with Crippen LogP contribution in [0.2, 0.25) is 0 Å². The fourth-order valence-electron chi connectivity index (χ4n) is 6.36. The van der Waals surface area contributed by atoms with Gasteiger partial charge in [0.25, 0.3) is 5.91 Å². The van der Waals surface area contributed by atoms with Crippen molar-refractivity contribution < 1.29 is 22.7 Å². The molecule has 4 aromatic rings. The highest BCUT2D eigenvalue weighted by Gasteiger charge is 2.41. The number of halogens is 3. The average molecular weight is 577 g/mol. The fourth-order valence-corrected chi connectivity index (χ4v) is 6.36. The third kappa shape index (κ3) is 4.64. The van der Waals surface area contributed by atoms with E-state index in [1.807, 2.05) is 36.7 Å². The van der Waals surface area contributed by atoms with E-state index in [0.29, 0.717) is 40.9 Å². The summed E-state index contributed by atoms with van der Waals surface area (Å²) in [6, 6.07) is 9.09. The summed E-state index contributed by atoms with van der Waals surface area (Å²) in [5, 5.41) is 5.16. The van der Waals surface area contributed by atoms with Crippen molar-refractivity contribution in [1.29, 1.82) is 0 Å². The Labute approximate surface area is 241 Å². The number of aromatic nitrogens is 4. The maximum atomic E-state index is 13.8. The van der Waals surface area contributed by atoms with Gasteiger partial charge in [0.15, 0.2) is 5.82 Å². The standard InChI is InChI=1S/C31H31F3N6O2/c1-19-13-21(28-35-15-22-14-23(31(32,33)34)4-5-24(22)36-28)3-6-26(19)39-11-12-40-27(29(39)41)20(2)25(37-40)16-38-9-7-30(8-10-38)17-42-18-30/h3-6,13-15H,7-12,16-18H2,1-2H3. The zero-order valence-electron chi connectivity index (χ0n) is 23.5. The Morgan fingerprint density at radius 3 is 2.48 bits per heavy atom. The highest BCUT2D eigenvalue weighted by atomic mass is 19.4. The van der Waals surface area contributed by atoms with Crippen molar-refractivity contribution >= 4 is 22.5 Å². The summed E-state index contributed by atoms with van der Waals surface area (Å²) in [6.45, 7) is 9.58. The first-order valence-electron chi connectivity index (χ1n) is 14.2. The van der Waals surface area contributed by atoms with E-state index in [2.05, 4.69) is 14.9 Å². The number of hydrogen-bond acceptors (Lipinski definition) is 6. The Kier molecular flexibility index (Phi) is 6.36. The summed E-state index contributed by atoms with van der Waals surface area (Å²) in [4.78, 5) is 26.8. The van der Waals surface area contributed by atoms with Crippen LogP contribution in [0.5, 0.6) is 0 Å². The lowest BCUT2D eigenvalue weighted by atomic mass is 9.77. The van der Waals surface area contributed by atoms with Crippen molar-refractivity contribution in [2.45, 2.75) is 46.0 Å². The van der Waals surface area contributed by atoms with E-state index in [1.54, 1.807) is 4.90 Å². The van der Waals surface area contributed by atoms with E-state index in [0.717, 1.165) is 85.9 Å². The lowest BCUT2D eigenvalue weighted by Crippen LogP contribution is -2.50. The number of carbonyl (C=O) groups is 1. The van der Waals surface area contributed by atoms with Crippen LogP contribution in [0.15, 0.2) is 42.6 Å². The first-order valence-corrected chi connectivity index (χ1v) is 14.2. The van der Waals surface area contributed by atoms with Gasteiger partial charge in [-0.1, -0.05) is 0 Å². The number of piperidine rings is 1. The van der Waals surface area contributed by atoms with E-state index in [-0.39, 0.29) is 5.91 Å². The van der Waals surface area contributed by atoms with Crippen molar-refractivity contribution in [2.24, 2.45) is 5.41 Å². The van der Waals surface area contributed by atoms with E-state index in [9.17, 15) is 18.0 Å². The molecule has 0 N–H and O–H groups in total. The molecule has 7 rings (SSSR count). The minimum Gasteiger partial charge on any atom is -0.380 e. The Morgan fingerprint density at radius 2 is 1.79 bits per heavy atom. The summed E-state index contributed by atoms with van der Waals surface area (Å²) in [5.41, 5.74) is 5.02. The molecule has 0 radical (unpaired) electrons. The second-order valence-electron chi connectivity index (χ2n) is 11.8. The molecule has 218 valence electrons. The smallest absolute Gasteiger partial charge is 0.380 e. The highest BCUT2D eigenvalue weighted by Crippen LogP contribution is 2.39. The Hall–Kier alpha value is -3.83. The zero-order chi connectivity index (χ0) is 29.2. The number of ether oxygens (including phenoxy) is 1. The third-order valence-electron chi connectivity index (χ3n) is 9.03. The van der Waals surface area contributed by atoms with Crippen LogP contribution in [-0.2, 0) is 24.0 Å². The molecule has 2 aromatic heterocycles. The first kappa shape index (κ1) is 27.0. The number of benzene rings is 2. The molecule has 0 atom stereocenters. The van der Waals surface area contributed by atoms with Crippen molar-refractivity contribution in [2.75, 3.05) is 37.7 Å². The number of anilines is 1. The SMILES string of the molecule is Cc1cc(-c2ncc3cc(C(F)(F)F)ccc3n2)ccc1N1CCn2nc(CN3CCC4(CC3)COC4)c(C)c2C1=O. The maximum Gasteiger partial charge on any atom is 0.416 e. The lowest BCUT2D eigenvalue weighted by Gasteiger charge is -2.47. The van der Waals surface area contributed by atoms with Gasteiger partial charge in [0, 0.05) is 46.9 Å². The number of likely N-dealkylation sites (tertiary alicyclic amines) is 1. The molecule has 0 aliphatic carbocycles. The van der Waals surface area contributed by atoms with E-state index in [1.165, 1.54) is 12.3 Å². The summed E-state index contributed by atoms with van der Waals surface area (Å²) in [6.07, 6.45) is -0.725. The van der Waals surface area contributed by atoms with Gasteiger partial charge in [0.1, 0.15) is 5.69 Å². The normalized spacial score (nSPS) is 18.9. The second-order valence-corrected chi connectivity index (χ2v) is 11.8. The predicted molar refractivity (Wildman–Crippen MR) is 151 cm³/mol. The number of aryl methyl sites for hydroxylation is 1. The van der Waals surface area contributed by atoms with Crippen LogP contribution < -0.4 is 4.90 Å². The fraction of sp³-hybridized carbons (Fsp3) is 0.419. The molecule has 1 amide bonds. The third-order valence-corrected chi connectivity index (χ3v) is 9.03. The van der Waals surface area contributed by atoms with Crippen LogP contribution in [0.1, 0.15) is 45.7 Å². The number of carbonyl (C=O) groups excluding carboxylic acids is 1. The van der Waals surface area contributed by atoms with E-state index < -0.39 is 11.7 Å². The quantitative estimate of drug-likeness (QED) is 0.324. The largest absolute Gasteiger partial charge is 0.416 e. The molecule has 8 nitrogen and oxygen atoms in total. The van der Waals surface area contributed by atoms with Crippen LogP contribution in [-0.4, -0.2) is 63.4 Å². The van der Waals surface area contributed by atoms with Crippen LogP contribution in [0.25, 0.3) is 22.3 Å². The second kappa shape index (κ2) is 9.88. The molecular weight excluding hydrogens is 545 g/mol. The molecule has 3 aliphatic rings. The number of hydrogen-bond donors (Lipinski definition) is 0. The van der Waals surface area contributed by atoms with Crippen LogP contribution >= 0.6 is 0 Å². The van der Waals surface area contributed by atoms with Gasteiger partial charge < -0.3 is 9.64 Å². The molecule has 11 heteroatoms. The summed E-state index contributed by atoms with van der Waals surface area (Å²) in [5.74, 6) is 0.342. The predicted octanol–water partition coefficient (Wildman–Crippen LogP) is 5.40. The molecular formula is C31H31F3N6O2. The van der Waals surface area contributed by atoms with Gasteiger partial charge in [-0.3, -0.25) is 14.4 Å². The molecule has 3 aliphatic heterocycles. The van der Waals surface area contributed by atoms with Crippen LogP contribution in [0.3, 0.4) is 0 Å². The van der Waals surface area contributed by atoms with Gasteiger partial charge >= 0.3 is 6.18 Å². The molecule has 2 saturated heterocycles. The number of rotatable bonds is 4. The van der Waals surface area contributed by atoms with Gasteiger partial charge in [0.05, 0.1) is 36.5 Å². The summed E-state index contributed by atoms with van der Waals surface area (Å²) in [7, 11) is 0. The molecule has 2 aromatic carbocycles. The van der Waals surface area contributed by atoms with Gasteiger partial charge in [-0.25, -0.2) is 9.97 Å².